The summed E-state index contributed by atoms with van der Waals surface area (Å²) in [4.78, 5) is 5.25. The summed E-state index contributed by atoms with van der Waals surface area (Å²) in [5.41, 5.74) is 13.3. The van der Waals surface area contributed by atoms with Crippen LogP contribution in [0, 0.1) is 0 Å². The number of nitrogens with zero attached hydrogens (tertiary/aromatic N) is 2. The molecule has 0 unspecified atom stereocenters. The van der Waals surface area contributed by atoms with Crippen molar-refractivity contribution >= 4 is 32.7 Å². The van der Waals surface area contributed by atoms with Gasteiger partial charge in [0.25, 0.3) is 0 Å². The molecule has 41 heavy (non-hydrogen) atoms. The second kappa shape index (κ2) is 8.51. The molecule has 0 aliphatic heterocycles. The van der Waals surface area contributed by atoms with E-state index in [2.05, 4.69) is 150 Å². The number of rotatable bonds is 3. The van der Waals surface area contributed by atoms with Crippen LogP contribution < -0.4 is 0 Å². The lowest BCUT2D eigenvalue weighted by Crippen LogP contribution is -1.98. The molecule has 8 aromatic rings. The summed E-state index contributed by atoms with van der Waals surface area (Å²) in [6.07, 6.45) is 0. The molecule has 0 radical (unpaired) electrons. The van der Waals surface area contributed by atoms with Crippen LogP contribution in [-0.2, 0) is 0 Å². The van der Waals surface area contributed by atoms with Gasteiger partial charge in [-0.1, -0.05) is 109 Å². The summed E-state index contributed by atoms with van der Waals surface area (Å²) in [6.45, 7) is 0. The highest BCUT2D eigenvalue weighted by atomic mass is 15.1. The molecule has 0 bridgehead atoms. The van der Waals surface area contributed by atoms with Crippen LogP contribution >= 0.6 is 0 Å². The van der Waals surface area contributed by atoms with Crippen LogP contribution in [0.2, 0.25) is 0 Å². The minimum absolute atomic E-state index is 0.950. The molecule has 2 aromatic heterocycles. The van der Waals surface area contributed by atoms with Gasteiger partial charge in [0.2, 0.25) is 0 Å². The van der Waals surface area contributed by atoms with Crippen LogP contribution in [0.3, 0.4) is 0 Å². The predicted molar refractivity (Wildman–Crippen MR) is 171 cm³/mol. The molecule has 0 saturated carbocycles. The van der Waals surface area contributed by atoms with Gasteiger partial charge in [0, 0.05) is 16.2 Å². The van der Waals surface area contributed by atoms with Gasteiger partial charge in [0.15, 0.2) is 0 Å². The first kappa shape index (κ1) is 22.4. The van der Waals surface area contributed by atoms with Crippen LogP contribution in [-0.4, -0.2) is 9.55 Å². The molecule has 1 aliphatic rings. The normalized spacial score (nSPS) is 11.9. The largest absolute Gasteiger partial charge is 0.294 e. The van der Waals surface area contributed by atoms with Crippen LogP contribution in [0.25, 0.3) is 83.0 Å². The van der Waals surface area contributed by atoms with E-state index in [0.29, 0.717) is 0 Å². The topological polar surface area (TPSA) is 17.8 Å². The first-order valence-corrected chi connectivity index (χ1v) is 14.1. The van der Waals surface area contributed by atoms with E-state index in [1.54, 1.807) is 0 Å². The van der Waals surface area contributed by atoms with Gasteiger partial charge in [-0.15, -0.1) is 0 Å². The van der Waals surface area contributed by atoms with Gasteiger partial charge >= 0.3 is 0 Å². The van der Waals surface area contributed by atoms with Crippen molar-refractivity contribution in [3.8, 4) is 50.3 Å². The smallest absolute Gasteiger partial charge is 0.138 e. The van der Waals surface area contributed by atoms with Gasteiger partial charge in [-0.25, -0.2) is 4.98 Å². The van der Waals surface area contributed by atoms with Crippen LogP contribution in [0.5, 0.6) is 0 Å². The summed E-state index contributed by atoms with van der Waals surface area (Å²) in [7, 11) is 0. The van der Waals surface area contributed by atoms with Crippen molar-refractivity contribution in [2.75, 3.05) is 0 Å². The van der Waals surface area contributed by atoms with Crippen LogP contribution in [0.4, 0.5) is 0 Å². The van der Waals surface area contributed by atoms with E-state index in [4.69, 9.17) is 4.98 Å². The van der Waals surface area contributed by atoms with Crippen LogP contribution in [0.15, 0.2) is 146 Å². The number of aromatic nitrogens is 2. The molecule has 190 valence electrons. The number of benzene rings is 6. The molecular formula is C39H24N2. The summed E-state index contributed by atoms with van der Waals surface area (Å²) in [5, 5.41) is 3.71. The lowest BCUT2D eigenvalue weighted by Gasteiger charge is -2.11. The van der Waals surface area contributed by atoms with Gasteiger partial charge in [-0.05, 0) is 80.9 Å². The third-order valence-electron chi connectivity index (χ3n) is 8.53. The van der Waals surface area contributed by atoms with Gasteiger partial charge in [-0.3, -0.25) is 4.57 Å². The molecular weight excluding hydrogens is 496 g/mol. The molecule has 0 N–H and O–H groups in total. The third-order valence-corrected chi connectivity index (χ3v) is 8.53. The molecule has 9 rings (SSSR count). The highest BCUT2D eigenvalue weighted by molar-refractivity contribution is 6.15. The van der Waals surface area contributed by atoms with Crippen molar-refractivity contribution in [2.24, 2.45) is 0 Å². The monoisotopic (exact) mass is 520 g/mol. The SMILES string of the molecule is c1ccc(-c2cccc(-c3ccc4c(c3)c3ccccc3n4-c3cc4c5c(cccc5n3)-c3ccccc3-4)c2)cc1. The van der Waals surface area contributed by atoms with Crippen molar-refractivity contribution in [2.45, 2.75) is 0 Å². The highest BCUT2D eigenvalue weighted by Crippen LogP contribution is 2.47. The second-order valence-electron chi connectivity index (χ2n) is 10.8. The zero-order chi connectivity index (χ0) is 26.9. The molecule has 2 heteroatoms. The summed E-state index contributed by atoms with van der Waals surface area (Å²) >= 11 is 0. The summed E-state index contributed by atoms with van der Waals surface area (Å²) in [6, 6.07) is 52.4. The average molecular weight is 521 g/mol. The fraction of sp³-hybridized carbons (Fsp3) is 0. The standard InChI is InChI=1S/C39H24N2/c1-2-10-25(11-3-1)26-12-8-13-27(22-26)28-20-21-37-33(23-28)31-16-6-7-19-36(31)41(37)38-24-34-30-15-5-4-14-29(30)32-17-9-18-35(40-38)39(32)34/h1-24H. The van der Waals surface area contributed by atoms with Gasteiger partial charge in [0.1, 0.15) is 5.82 Å². The molecule has 0 amide bonds. The van der Waals surface area contributed by atoms with E-state index in [9.17, 15) is 0 Å². The Balaban J connectivity index is 1.27. The summed E-state index contributed by atoms with van der Waals surface area (Å²) in [5.74, 6) is 0.950. The van der Waals surface area contributed by atoms with E-state index < -0.39 is 0 Å². The first-order valence-electron chi connectivity index (χ1n) is 14.1. The number of hydrogen-bond acceptors (Lipinski definition) is 1. The molecule has 1 aliphatic carbocycles. The molecule has 0 saturated heterocycles. The van der Waals surface area contributed by atoms with Gasteiger partial charge in [0.05, 0.1) is 16.6 Å². The van der Waals surface area contributed by atoms with Gasteiger partial charge < -0.3 is 0 Å². The van der Waals surface area contributed by atoms with Crippen molar-refractivity contribution < 1.29 is 0 Å². The molecule has 0 spiro atoms. The Morgan fingerprint density at radius 1 is 0.390 bits per heavy atom. The first-order chi connectivity index (χ1) is 20.3. The number of hydrogen-bond donors (Lipinski definition) is 0. The zero-order valence-electron chi connectivity index (χ0n) is 22.3. The number of para-hydroxylation sites is 1. The zero-order valence-corrected chi connectivity index (χ0v) is 22.3. The Bertz CT molecular complexity index is 2310. The van der Waals surface area contributed by atoms with Crippen molar-refractivity contribution in [1.82, 2.24) is 9.55 Å². The van der Waals surface area contributed by atoms with E-state index in [1.807, 2.05) is 0 Å². The Labute approximate surface area is 237 Å². The van der Waals surface area contributed by atoms with Crippen molar-refractivity contribution in [3.05, 3.63) is 146 Å². The average Bonchev–Trinajstić information content (AvgIpc) is 3.55. The Kier molecular flexibility index (Phi) is 4.64. The Morgan fingerprint density at radius 3 is 1.90 bits per heavy atom. The fourth-order valence-electron chi connectivity index (χ4n) is 6.69. The molecule has 2 heterocycles. The molecule has 0 atom stereocenters. The van der Waals surface area contributed by atoms with E-state index in [1.165, 1.54) is 66.2 Å². The lowest BCUT2D eigenvalue weighted by atomic mass is 9.98. The molecule has 0 fully saturated rings. The number of pyridine rings is 1. The Morgan fingerprint density at radius 2 is 1.02 bits per heavy atom. The molecule has 2 nitrogen and oxygen atoms in total. The summed E-state index contributed by atoms with van der Waals surface area (Å²) < 4.78 is 2.33. The number of fused-ring (bicyclic) bond motifs is 6. The van der Waals surface area contributed by atoms with E-state index >= 15 is 0 Å². The highest BCUT2D eigenvalue weighted by Gasteiger charge is 2.23. The minimum Gasteiger partial charge on any atom is -0.294 e. The maximum absolute atomic E-state index is 5.25. The Hall–Kier alpha value is -5.47. The van der Waals surface area contributed by atoms with Crippen molar-refractivity contribution in [3.63, 3.8) is 0 Å². The predicted octanol–water partition coefficient (Wildman–Crippen LogP) is 10.3. The molecule has 6 aromatic carbocycles. The van der Waals surface area contributed by atoms with Gasteiger partial charge in [-0.2, -0.15) is 0 Å². The van der Waals surface area contributed by atoms with E-state index in [-0.39, 0.29) is 0 Å². The van der Waals surface area contributed by atoms with Crippen molar-refractivity contribution in [1.29, 1.82) is 0 Å². The second-order valence-corrected chi connectivity index (χ2v) is 10.8. The quantitative estimate of drug-likeness (QED) is 0.227. The van der Waals surface area contributed by atoms with E-state index in [0.717, 1.165) is 16.9 Å². The maximum atomic E-state index is 5.25. The van der Waals surface area contributed by atoms with Crippen LogP contribution in [0.1, 0.15) is 0 Å². The lowest BCUT2D eigenvalue weighted by molar-refractivity contribution is 1.10. The third kappa shape index (κ3) is 3.28. The maximum Gasteiger partial charge on any atom is 0.138 e. The fourth-order valence-corrected chi connectivity index (χ4v) is 6.69. The minimum atomic E-state index is 0.950.